The molecule has 0 saturated heterocycles. The van der Waals surface area contributed by atoms with Crippen LogP contribution in [0, 0.1) is 11.8 Å². The fraction of sp³-hybridized carbons (Fsp3) is 0.550. The number of esters is 1. The first-order valence-electron chi connectivity index (χ1n) is 9.38. The normalized spacial score (nSPS) is 19.2. The van der Waals surface area contributed by atoms with Crippen LogP contribution >= 0.6 is 0 Å². The second-order valence-electron chi connectivity index (χ2n) is 6.67. The lowest BCUT2D eigenvalue weighted by Crippen LogP contribution is -2.46. The Morgan fingerprint density at radius 1 is 1.11 bits per heavy atom. The molecule has 0 spiro atoms. The van der Waals surface area contributed by atoms with Crippen LogP contribution in [0.5, 0.6) is 0 Å². The van der Waals surface area contributed by atoms with Crippen molar-refractivity contribution in [3.05, 3.63) is 35.9 Å². The van der Waals surface area contributed by atoms with Crippen LogP contribution in [0.2, 0.25) is 0 Å². The van der Waals surface area contributed by atoms with Crippen LogP contribution in [0.1, 0.15) is 38.2 Å². The van der Waals surface area contributed by atoms with Gasteiger partial charge in [-0.15, -0.1) is 0 Å². The summed E-state index contributed by atoms with van der Waals surface area (Å²) in [6, 6.07) is 9.47. The van der Waals surface area contributed by atoms with Gasteiger partial charge in [0.25, 0.3) is 5.91 Å². The smallest absolute Gasteiger partial charge is 0.309 e. The van der Waals surface area contributed by atoms with Gasteiger partial charge in [-0.25, -0.2) is 5.48 Å². The third-order valence-corrected chi connectivity index (χ3v) is 4.88. The molecule has 1 aliphatic rings. The van der Waals surface area contributed by atoms with E-state index in [0.717, 1.165) is 18.4 Å². The Kier molecular flexibility index (Phi) is 8.26. The number of hydrogen-bond acceptors (Lipinski definition) is 5. The summed E-state index contributed by atoms with van der Waals surface area (Å²) in [6.45, 7) is 2.34. The Morgan fingerprint density at radius 2 is 1.78 bits per heavy atom. The van der Waals surface area contributed by atoms with Crippen molar-refractivity contribution in [1.82, 2.24) is 10.4 Å². The van der Waals surface area contributed by atoms with Gasteiger partial charge in [0.1, 0.15) is 6.54 Å². The predicted molar refractivity (Wildman–Crippen MR) is 99.1 cm³/mol. The maximum absolute atomic E-state index is 12.9. The van der Waals surface area contributed by atoms with E-state index in [1.165, 1.54) is 12.0 Å². The summed E-state index contributed by atoms with van der Waals surface area (Å²) in [5.41, 5.74) is 3.31. The number of ether oxygens (including phenoxy) is 1. The molecule has 0 unspecified atom stereocenters. The number of likely N-dealkylation sites (N-methyl/N-ethyl adjacent to an activating group) is 1. The Bertz CT molecular complexity index is 635. The van der Waals surface area contributed by atoms with E-state index in [0.29, 0.717) is 19.4 Å². The quantitative estimate of drug-likeness (QED) is 0.554. The number of hydroxylamine groups is 1. The Labute approximate surface area is 160 Å². The minimum absolute atomic E-state index is 0.103. The van der Waals surface area contributed by atoms with E-state index in [4.69, 9.17) is 9.57 Å². The average molecular weight is 376 g/mol. The number of carbonyl (C=O) groups excluding carboxylic acids is 3. The van der Waals surface area contributed by atoms with Crippen molar-refractivity contribution in [1.29, 1.82) is 0 Å². The predicted octanol–water partition coefficient (Wildman–Crippen LogP) is 2.06. The van der Waals surface area contributed by atoms with Gasteiger partial charge >= 0.3 is 5.97 Å². The van der Waals surface area contributed by atoms with Gasteiger partial charge in [-0.3, -0.25) is 19.2 Å². The van der Waals surface area contributed by atoms with Crippen LogP contribution in [0.15, 0.2) is 30.3 Å². The molecular weight excluding hydrogens is 348 g/mol. The maximum atomic E-state index is 12.9. The Balaban J connectivity index is 1.87. The zero-order valence-electron chi connectivity index (χ0n) is 16.0. The summed E-state index contributed by atoms with van der Waals surface area (Å²) in [5.74, 6) is -1.77. The summed E-state index contributed by atoms with van der Waals surface area (Å²) in [6.07, 6.45) is 3.09. The number of methoxy groups -OCH3 is 1. The van der Waals surface area contributed by atoms with Crippen molar-refractivity contribution in [2.24, 2.45) is 11.8 Å². The summed E-state index contributed by atoms with van der Waals surface area (Å²) in [7, 11) is 1.34. The third kappa shape index (κ3) is 6.06. The van der Waals surface area contributed by atoms with Crippen LogP contribution in [0.3, 0.4) is 0 Å². The number of carbonyl (C=O) groups is 3. The van der Waals surface area contributed by atoms with Gasteiger partial charge in [0.2, 0.25) is 5.91 Å². The molecule has 7 heteroatoms. The molecule has 1 aromatic carbocycles. The van der Waals surface area contributed by atoms with Crippen molar-refractivity contribution in [2.45, 2.75) is 39.2 Å². The highest BCUT2D eigenvalue weighted by Gasteiger charge is 2.38. The van der Waals surface area contributed by atoms with E-state index >= 15 is 0 Å². The first-order chi connectivity index (χ1) is 13.1. The Hall–Kier alpha value is -2.41. The zero-order valence-corrected chi connectivity index (χ0v) is 16.0. The Morgan fingerprint density at radius 3 is 2.41 bits per heavy atom. The van der Waals surface area contributed by atoms with Crippen LogP contribution in [-0.2, 0) is 30.6 Å². The lowest BCUT2D eigenvalue weighted by molar-refractivity contribution is -0.155. The highest BCUT2D eigenvalue weighted by atomic mass is 16.6. The first kappa shape index (κ1) is 20.9. The van der Waals surface area contributed by atoms with Crippen molar-refractivity contribution in [3.8, 4) is 0 Å². The molecule has 1 fully saturated rings. The maximum Gasteiger partial charge on any atom is 0.309 e. The molecule has 27 heavy (non-hydrogen) atoms. The number of benzene rings is 1. The molecule has 2 amide bonds. The van der Waals surface area contributed by atoms with Crippen LogP contribution in [0.4, 0.5) is 0 Å². The van der Waals surface area contributed by atoms with E-state index < -0.39 is 17.7 Å². The number of nitrogens with zero attached hydrogens (tertiary/aromatic N) is 1. The minimum Gasteiger partial charge on any atom is -0.469 e. The van der Waals surface area contributed by atoms with Crippen molar-refractivity contribution in [2.75, 3.05) is 20.2 Å². The fourth-order valence-electron chi connectivity index (χ4n) is 3.42. The number of hydrogen-bond donors (Lipinski definition) is 1. The van der Waals surface area contributed by atoms with Gasteiger partial charge in [0.15, 0.2) is 0 Å². The number of amides is 2. The van der Waals surface area contributed by atoms with E-state index in [9.17, 15) is 14.4 Å². The van der Waals surface area contributed by atoms with E-state index in [1.54, 1.807) is 0 Å². The molecule has 0 aliphatic heterocycles. The van der Waals surface area contributed by atoms with Gasteiger partial charge in [-0.05, 0) is 25.3 Å². The summed E-state index contributed by atoms with van der Waals surface area (Å²) in [5, 5.41) is 0. The topological polar surface area (TPSA) is 84.9 Å². The number of rotatable bonds is 8. The van der Waals surface area contributed by atoms with E-state index in [1.807, 2.05) is 37.3 Å². The van der Waals surface area contributed by atoms with Gasteiger partial charge in [-0.1, -0.05) is 43.2 Å². The van der Waals surface area contributed by atoms with Crippen LogP contribution < -0.4 is 5.48 Å². The molecule has 2 atom stereocenters. The second kappa shape index (κ2) is 10.7. The molecule has 1 saturated carbocycles. The second-order valence-corrected chi connectivity index (χ2v) is 6.67. The highest BCUT2D eigenvalue weighted by Crippen LogP contribution is 2.32. The SMILES string of the molecule is CCN(CC(=O)NOCc1ccccc1)C(=O)[C@H]1CCCC[C@H]1C(=O)OC. The van der Waals surface area contributed by atoms with Crippen LogP contribution in [-0.4, -0.2) is 42.9 Å². The lowest BCUT2D eigenvalue weighted by atomic mass is 9.78. The molecule has 148 valence electrons. The summed E-state index contributed by atoms with van der Waals surface area (Å²) < 4.78 is 4.85. The van der Waals surface area contributed by atoms with Crippen molar-refractivity contribution < 1.29 is 24.0 Å². The van der Waals surface area contributed by atoms with Gasteiger partial charge in [0, 0.05) is 6.54 Å². The first-order valence-corrected chi connectivity index (χ1v) is 9.38. The van der Waals surface area contributed by atoms with Gasteiger partial charge < -0.3 is 9.64 Å². The molecule has 0 heterocycles. The van der Waals surface area contributed by atoms with Crippen molar-refractivity contribution >= 4 is 17.8 Å². The summed E-state index contributed by atoms with van der Waals surface area (Å²) in [4.78, 5) is 43.7. The third-order valence-electron chi connectivity index (χ3n) is 4.88. The van der Waals surface area contributed by atoms with Gasteiger partial charge in [0.05, 0.1) is 25.6 Å². The van der Waals surface area contributed by atoms with Crippen LogP contribution in [0.25, 0.3) is 0 Å². The summed E-state index contributed by atoms with van der Waals surface area (Å²) >= 11 is 0. The molecule has 0 radical (unpaired) electrons. The molecular formula is C20H28N2O5. The van der Waals surface area contributed by atoms with Crippen molar-refractivity contribution in [3.63, 3.8) is 0 Å². The van der Waals surface area contributed by atoms with E-state index in [-0.39, 0.29) is 25.0 Å². The monoisotopic (exact) mass is 376 g/mol. The molecule has 0 aromatic heterocycles. The fourth-order valence-corrected chi connectivity index (χ4v) is 3.42. The minimum atomic E-state index is -0.428. The largest absolute Gasteiger partial charge is 0.469 e. The van der Waals surface area contributed by atoms with E-state index in [2.05, 4.69) is 5.48 Å². The molecule has 1 aromatic rings. The molecule has 1 N–H and O–H groups in total. The standard InChI is InChI=1S/C20H28N2O5/c1-3-22(13-18(23)21-27-14-15-9-5-4-6-10-15)19(24)16-11-7-8-12-17(16)20(25)26-2/h4-6,9-10,16-17H,3,7-8,11-14H2,1-2H3,(H,21,23)/t16-,17+/m0/s1. The average Bonchev–Trinajstić information content (AvgIpc) is 2.71. The zero-order chi connectivity index (χ0) is 19.6. The molecule has 1 aliphatic carbocycles. The molecule has 0 bridgehead atoms. The molecule has 2 rings (SSSR count). The highest BCUT2D eigenvalue weighted by molar-refractivity contribution is 5.88. The molecule has 7 nitrogen and oxygen atoms in total. The number of nitrogens with one attached hydrogen (secondary N) is 1. The van der Waals surface area contributed by atoms with Gasteiger partial charge in [-0.2, -0.15) is 0 Å². The lowest BCUT2D eigenvalue weighted by Gasteiger charge is -2.32.